The molecule has 2 unspecified atom stereocenters. The van der Waals surface area contributed by atoms with Gasteiger partial charge in [-0.05, 0) is 52.2 Å². The highest BCUT2D eigenvalue weighted by Crippen LogP contribution is 2.17. The van der Waals surface area contributed by atoms with Gasteiger partial charge in [0.15, 0.2) is 0 Å². The zero-order chi connectivity index (χ0) is 9.10. The zero-order valence-corrected chi connectivity index (χ0v) is 8.76. The highest BCUT2D eigenvalue weighted by atomic mass is 15.2. The molecule has 0 spiro atoms. The van der Waals surface area contributed by atoms with Gasteiger partial charge in [0, 0.05) is 12.1 Å². The molecule has 0 aromatic carbocycles. The van der Waals surface area contributed by atoms with Crippen LogP contribution in [0.1, 0.15) is 39.0 Å². The Labute approximate surface area is 81.7 Å². The summed E-state index contributed by atoms with van der Waals surface area (Å²) in [7, 11) is 0. The van der Waals surface area contributed by atoms with Crippen molar-refractivity contribution in [2.75, 3.05) is 19.6 Å². The van der Waals surface area contributed by atoms with Gasteiger partial charge in [0.25, 0.3) is 0 Å². The predicted octanol–water partition coefficient (Wildman–Crippen LogP) is 1.61. The summed E-state index contributed by atoms with van der Waals surface area (Å²) in [5.41, 5.74) is 0. The van der Waals surface area contributed by atoms with E-state index in [1.165, 1.54) is 51.7 Å². The fraction of sp³-hybridized carbons (Fsp3) is 1.00. The van der Waals surface area contributed by atoms with Crippen molar-refractivity contribution in [1.29, 1.82) is 0 Å². The first-order valence-corrected chi connectivity index (χ1v) is 5.83. The molecule has 13 heavy (non-hydrogen) atoms. The molecule has 0 aromatic rings. The summed E-state index contributed by atoms with van der Waals surface area (Å²) in [6.45, 7) is 6.29. The summed E-state index contributed by atoms with van der Waals surface area (Å²) < 4.78 is 0. The van der Waals surface area contributed by atoms with Crippen molar-refractivity contribution in [2.45, 2.75) is 51.1 Å². The molecule has 0 aromatic heterocycles. The van der Waals surface area contributed by atoms with Crippen molar-refractivity contribution in [3.63, 3.8) is 0 Å². The van der Waals surface area contributed by atoms with Crippen LogP contribution < -0.4 is 5.32 Å². The van der Waals surface area contributed by atoms with Crippen LogP contribution in [0.2, 0.25) is 0 Å². The fourth-order valence-electron chi connectivity index (χ4n) is 2.41. The van der Waals surface area contributed by atoms with Crippen LogP contribution in [0, 0.1) is 0 Å². The first-order chi connectivity index (χ1) is 6.36. The molecule has 0 amide bonds. The zero-order valence-electron chi connectivity index (χ0n) is 8.76. The van der Waals surface area contributed by atoms with Crippen LogP contribution in [0.4, 0.5) is 0 Å². The number of hydrogen-bond acceptors (Lipinski definition) is 2. The molecule has 1 N–H and O–H groups in total. The van der Waals surface area contributed by atoms with Crippen LogP contribution >= 0.6 is 0 Å². The molecule has 2 aliphatic heterocycles. The summed E-state index contributed by atoms with van der Waals surface area (Å²) in [6, 6.07) is 1.68. The Morgan fingerprint density at radius 1 is 1.31 bits per heavy atom. The maximum Gasteiger partial charge on any atom is 0.00913 e. The fourth-order valence-corrected chi connectivity index (χ4v) is 2.41. The Morgan fingerprint density at radius 2 is 2.15 bits per heavy atom. The second-order valence-corrected chi connectivity index (χ2v) is 4.61. The van der Waals surface area contributed by atoms with E-state index in [1.807, 2.05) is 0 Å². The van der Waals surface area contributed by atoms with Gasteiger partial charge in [0.2, 0.25) is 0 Å². The number of hydrogen-bond donors (Lipinski definition) is 1. The summed E-state index contributed by atoms with van der Waals surface area (Å²) in [4.78, 5) is 2.67. The molecule has 0 aliphatic carbocycles. The van der Waals surface area contributed by atoms with Gasteiger partial charge < -0.3 is 10.2 Å². The van der Waals surface area contributed by atoms with Crippen LogP contribution in [0.25, 0.3) is 0 Å². The number of piperidine rings is 1. The molecular formula is C11H22N2. The number of rotatable bonds is 3. The Kier molecular flexibility index (Phi) is 3.23. The molecular weight excluding hydrogens is 160 g/mol. The van der Waals surface area contributed by atoms with Gasteiger partial charge in [-0.15, -0.1) is 0 Å². The SMILES string of the molecule is CC1CCCCN1CCC1CCN1. The second kappa shape index (κ2) is 4.43. The van der Waals surface area contributed by atoms with Crippen molar-refractivity contribution in [3.05, 3.63) is 0 Å². The van der Waals surface area contributed by atoms with Crippen molar-refractivity contribution in [1.82, 2.24) is 10.2 Å². The van der Waals surface area contributed by atoms with Crippen molar-refractivity contribution in [3.8, 4) is 0 Å². The number of nitrogens with one attached hydrogen (secondary N) is 1. The summed E-state index contributed by atoms with van der Waals surface area (Å²) in [6.07, 6.45) is 7.05. The lowest BCUT2D eigenvalue weighted by atomic mass is 10.00. The molecule has 2 fully saturated rings. The van der Waals surface area contributed by atoms with Crippen LogP contribution in [-0.2, 0) is 0 Å². The lowest BCUT2D eigenvalue weighted by Gasteiger charge is -2.36. The minimum Gasteiger partial charge on any atom is -0.314 e. The normalized spacial score (nSPS) is 35.8. The van der Waals surface area contributed by atoms with Gasteiger partial charge in [-0.1, -0.05) is 6.42 Å². The highest BCUT2D eigenvalue weighted by Gasteiger charge is 2.21. The van der Waals surface area contributed by atoms with Gasteiger partial charge >= 0.3 is 0 Å². The highest BCUT2D eigenvalue weighted by molar-refractivity contribution is 4.80. The molecule has 2 rings (SSSR count). The third-order valence-corrected chi connectivity index (χ3v) is 3.63. The van der Waals surface area contributed by atoms with E-state index in [2.05, 4.69) is 17.1 Å². The number of nitrogens with zero attached hydrogens (tertiary/aromatic N) is 1. The van der Waals surface area contributed by atoms with Crippen LogP contribution in [0.15, 0.2) is 0 Å². The first-order valence-electron chi connectivity index (χ1n) is 5.83. The van der Waals surface area contributed by atoms with Crippen LogP contribution in [0.5, 0.6) is 0 Å². The number of likely N-dealkylation sites (tertiary alicyclic amines) is 1. The van der Waals surface area contributed by atoms with Crippen molar-refractivity contribution in [2.24, 2.45) is 0 Å². The van der Waals surface area contributed by atoms with Gasteiger partial charge in [0.05, 0.1) is 0 Å². The molecule has 2 heterocycles. The maximum absolute atomic E-state index is 3.47. The van der Waals surface area contributed by atoms with E-state index in [4.69, 9.17) is 0 Å². The van der Waals surface area contributed by atoms with E-state index in [0.29, 0.717) is 0 Å². The average molecular weight is 182 g/mol. The smallest absolute Gasteiger partial charge is 0.00913 e. The molecule has 76 valence electrons. The summed E-state index contributed by atoms with van der Waals surface area (Å²) in [5.74, 6) is 0. The Hall–Kier alpha value is -0.0800. The standard InChI is InChI=1S/C11H22N2/c1-10-4-2-3-8-13(10)9-6-11-5-7-12-11/h10-12H,2-9H2,1H3. The van der Waals surface area contributed by atoms with E-state index < -0.39 is 0 Å². The van der Waals surface area contributed by atoms with Crippen molar-refractivity contribution < 1.29 is 0 Å². The van der Waals surface area contributed by atoms with Gasteiger partial charge in [-0.3, -0.25) is 0 Å². The van der Waals surface area contributed by atoms with Crippen molar-refractivity contribution >= 4 is 0 Å². The Balaban J connectivity index is 1.66. The molecule has 2 nitrogen and oxygen atoms in total. The van der Waals surface area contributed by atoms with E-state index >= 15 is 0 Å². The third kappa shape index (κ3) is 2.44. The lowest BCUT2D eigenvalue weighted by molar-refractivity contribution is 0.147. The molecule has 0 saturated carbocycles. The molecule has 2 saturated heterocycles. The van der Waals surface area contributed by atoms with Crippen LogP contribution in [-0.4, -0.2) is 36.6 Å². The summed E-state index contributed by atoms with van der Waals surface area (Å²) >= 11 is 0. The second-order valence-electron chi connectivity index (χ2n) is 4.61. The predicted molar refractivity (Wildman–Crippen MR) is 55.9 cm³/mol. The summed E-state index contributed by atoms with van der Waals surface area (Å²) in [5, 5.41) is 3.47. The maximum atomic E-state index is 3.47. The van der Waals surface area contributed by atoms with E-state index in [0.717, 1.165) is 12.1 Å². The first kappa shape index (κ1) is 9.47. The van der Waals surface area contributed by atoms with Gasteiger partial charge in [0.1, 0.15) is 0 Å². The quantitative estimate of drug-likeness (QED) is 0.713. The Bertz CT molecular complexity index is 154. The third-order valence-electron chi connectivity index (χ3n) is 3.63. The average Bonchev–Trinajstić information content (AvgIpc) is 2.05. The molecule has 2 aliphatic rings. The molecule has 2 atom stereocenters. The molecule has 2 heteroatoms. The Morgan fingerprint density at radius 3 is 2.77 bits per heavy atom. The van der Waals surface area contributed by atoms with Gasteiger partial charge in [-0.25, -0.2) is 0 Å². The monoisotopic (exact) mass is 182 g/mol. The van der Waals surface area contributed by atoms with Gasteiger partial charge in [-0.2, -0.15) is 0 Å². The minimum atomic E-state index is 0.842. The van der Waals surface area contributed by atoms with E-state index in [1.54, 1.807) is 0 Å². The topological polar surface area (TPSA) is 15.3 Å². The largest absolute Gasteiger partial charge is 0.314 e. The van der Waals surface area contributed by atoms with E-state index in [-0.39, 0.29) is 0 Å². The van der Waals surface area contributed by atoms with Crippen LogP contribution in [0.3, 0.4) is 0 Å². The molecule has 0 bridgehead atoms. The molecule has 0 radical (unpaired) electrons. The minimum absolute atomic E-state index is 0.842. The van der Waals surface area contributed by atoms with E-state index in [9.17, 15) is 0 Å². The lowest BCUT2D eigenvalue weighted by Crippen LogP contribution is -2.46.